The van der Waals surface area contributed by atoms with Gasteiger partial charge in [-0.25, -0.2) is 4.31 Å². The van der Waals surface area contributed by atoms with E-state index in [0.717, 1.165) is 0 Å². The minimum Gasteiger partial charge on any atom is -0.311 e. The second kappa shape index (κ2) is 7.01. The lowest BCUT2D eigenvalue weighted by Gasteiger charge is -2.02. The molecule has 0 heterocycles. The summed E-state index contributed by atoms with van der Waals surface area (Å²) < 4.78 is 34.7. The highest BCUT2D eigenvalue weighted by Gasteiger charge is 2.03. The van der Waals surface area contributed by atoms with E-state index < -0.39 is 16.5 Å². The van der Waals surface area contributed by atoms with Gasteiger partial charge in [0.1, 0.15) is 0 Å². The molecule has 0 bridgehead atoms. The van der Waals surface area contributed by atoms with E-state index in [4.69, 9.17) is 0 Å². The van der Waals surface area contributed by atoms with Crippen LogP contribution in [0.4, 0.5) is 0 Å². The van der Waals surface area contributed by atoms with E-state index in [-0.39, 0.29) is 13.2 Å². The first kappa shape index (κ1) is 11.3. The Morgan fingerprint density at radius 3 is 1.64 bits per heavy atom. The van der Waals surface area contributed by atoms with Crippen LogP contribution in [0.1, 0.15) is 13.8 Å². The Labute approximate surface area is 66.9 Å². The fraction of sp³-hybridized carbons (Fsp3) is 1.00. The molecule has 0 aliphatic heterocycles. The van der Waals surface area contributed by atoms with Crippen LogP contribution in [0, 0.1) is 0 Å². The van der Waals surface area contributed by atoms with Crippen molar-refractivity contribution in [1.82, 2.24) is 0 Å². The van der Waals surface area contributed by atoms with Gasteiger partial charge in [-0.15, -0.1) is 0 Å². The van der Waals surface area contributed by atoms with Crippen LogP contribution >= 0.6 is 16.5 Å². The van der Waals surface area contributed by atoms with E-state index in [1.54, 1.807) is 13.8 Å². The molecule has 0 amide bonds. The van der Waals surface area contributed by atoms with Gasteiger partial charge < -0.3 is 9.05 Å². The quantitative estimate of drug-likeness (QED) is 0.615. The largest absolute Gasteiger partial charge is 0.326 e. The molecule has 68 valence electrons. The summed E-state index contributed by atoms with van der Waals surface area (Å²) in [5.74, 6) is 0. The molecule has 0 saturated carbocycles. The Morgan fingerprint density at radius 1 is 1.00 bits per heavy atom. The summed E-state index contributed by atoms with van der Waals surface area (Å²) in [6, 6.07) is 0. The summed E-state index contributed by atoms with van der Waals surface area (Å²) in [5, 5.41) is 0. The molecule has 0 saturated heterocycles. The number of rotatable bonds is 6. The third-order valence-corrected chi connectivity index (χ3v) is 3.07. The van der Waals surface area contributed by atoms with Crippen molar-refractivity contribution < 1.29 is 22.5 Å². The van der Waals surface area contributed by atoms with E-state index in [1.165, 1.54) is 0 Å². The van der Waals surface area contributed by atoms with Gasteiger partial charge in [0.15, 0.2) is 0 Å². The second-order valence-corrected chi connectivity index (χ2v) is 3.86. The molecule has 0 aromatic rings. The fourth-order valence-corrected chi connectivity index (χ4v) is 1.85. The minimum atomic E-state index is -2.60. The molecule has 0 fully saturated rings. The van der Waals surface area contributed by atoms with Gasteiger partial charge in [-0.05, 0) is 13.8 Å². The Balaban J connectivity index is 3.49. The molecule has 2 atom stereocenters. The third-order valence-electron chi connectivity index (χ3n) is 0.691. The molecular formula is C4H12O5P2. The van der Waals surface area contributed by atoms with Crippen LogP contribution in [0.2, 0.25) is 0 Å². The molecule has 2 unspecified atom stereocenters. The first-order chi connectivity index (χ1) is 5.20. The van der Waals surface area contributed by atoms with Gasteiger partial charge in [-0.2, -0.15) is 0 Å². The highest BCUT2D eigenvalue weighted by molar-refractivity contribution is 7.47. The normalized spacial score (nSPS) is 16.2. The highest BCUT2D eigenvalue weighted by atomic mass is 31.2. The first-order valence-corrected chi connectivity index (χ1v) is 5.67. The summed E-state index contributed by atoms with van der Waals surface area (Å²) >= 11 is 0. The van der Waals surface area contributed by atoms with Gasteiger partial charge in [-0.3, -0.25) is 9.13 Å². The lowest BCUT2D eigenvalue weighted by atomic mass is 10.9. The fourth-order valence-electron chi connectivity index (χ4n) is 0.363. The number of hydrogen-bond acceptors (Lipinski definition) is 5. The molecule has 0 rings (SSSR count). The first-order valence-electron chi connectivity index (χ1n) is 3.22. The van der Waals surface area contributed by atoms with Crippen LogP contribution in [0.25, 0.3) is 0 Å². The van der Waals surface area contributed by atoms with Gasteiger partial charge in [0.2, 0.25) is 0 Å². The van der Waals surface area contributed by atoms with Crippen molar-refractivity contribution in [3.05, 3.63) is 0 Å². The van der Waals surface area contributed by atoms with Gasteiger partial charge >= 0.3 is 16.5 Å². The Kier molecular flexibility index (Phi) is 7.23. The monoisotopic (exact) mass is 202 g/mol. The predicted octanol–water partition coefficient (Wildman–Crippen LogP) is 1.86. The van der Waals surface area contributed by atoms with Crippen molar-refractivity contribution in [2.24, 2.45) is 0 Å². The number of hydrogen-bond donors (Lipinski definition) is 0. The molecule has 7 heteroatoms. The van der Waals surface area contributed by atoms with Gasteiger partial charge in [-0.1, -0.05) is 0 Å². The summed E-state index contributed by atoms with van der Waals surface area (Å²) in [6.07, 6.45) is 0. The smallest absolute Gasteiger partial charge is 0.311 e. The maximum Gasteiger partial charge on any atom is 0.326 e. The third kappa shape index (κ3) is 6.73. The molecule has 0 aromatic carbocycles. The van der Waals surface area contributed by atoms with Crippen LogP contribution < -0.4 is 0 Å². The lowest BCUT2D eigenvalue weighted by Crippen LogP contribution is -1.80. The zero-order valence-electron chi connectivity index (χ0n) is 6.46. The van der Waals surface area contributed by atoms with Crippen molar-refractivity contribution in [3.63, 3.8) is 0 Å². The van der Waals surface area contributed by atoms with Crippen molar-refractivity contribution in [1.29, 1.82) is 0 Å². The zero-order valence-corrected chi connectivity index (χ0v) is 8.46. The summed E-state index contributed by atoms with van der Waals surface area (Å²) in [4.78, 5) is 0. The Hall–Kier alpha value is 0.340. The standard InChI is InChI=1S/C4H12O5P2/c1-3-7-10(5)9-11(6)8-4-2/h10-11H,3-4H2,1-2H3. The van der Waals surface area contributed by atoms with Gasteiger partial charge in [0, 0.05) is 0 Å². The van der Waals surface area contributed by atoms with E-state index in [1.807, 2.05) is 0 Å². The van der Waals surface area contributed by atoms with Crippen molar-refractivity contribution in [2.75, 3.05) is 13.2 Å². The van der Waals surface area contributed by atoms with E-state index in [9.17, 15) is 9.13 Å². The average molecular weight is 202 g/mol. The molecule has 11 heavy (non-hydrogen) atoms. The molecule has 0 radical (unpaired) electrons. The Bertz CT molecular complexity index is 131. The van der Waals surface area contributed by atoms with Crippen molar-refractivity contribution in [2.45, 2.75) is 13.8 Å². The van der Waals surface area contributed by atoms with E-state index in [0.29, 0.717) is 0 Å². The van der Waals surface area contributed by atoms with Crippen LogP contribution in [0.15, 0.2) is 0 Å². The summed E-state index contributed by atoms with van der Waals surface area (Å²) in [7, 11) is -5.21. The SMILES string of the molecule is CCO[PH](=O)O[PH](=O)OCC. The molecular weight excluding hydrogens is 190 g/mol. The lowest BCUT2D eigenvalue weighted by molar-refractivity contribution is 0.267. The molecule has 0 N–H and O–H groups in total. The van der Waals surface area contributed by atoms with Crippen molar-refractivity contribution in [3.8, 4) is 0 Å². The summed E-state index contributed by atoms with van der Waals surface area (Å²) in [5.41, 5.74) is 0. The Morgan fingerprint density at radius 2 is 1.36 bits per heavy atom. The van der Waals surface area contributed by atoms with Crippen LogP contribution in [0.3, 0.4) is 0 Å². The maximum atomic E-state index is 10.6. The highest BCUT2D eigenvalue weighted by Crippen LogP contribution is 2.39. The van der Waals surface area contributed by atoms with Gasteiger partial charge in [0.25, 0.3) is 0 Å². The average Bonchev–Trinajstić information content (AvgIpc) is 1.87. The van der Waals surface area contributed by atoms with Gasteiger partial charge in [0.05, 0.1) is 13.2 Å². The second-order valence-electron chi connectivity index (χ2n) is 1.47. The van der Waals surface area contributed by atoms with Crippen LogP contribution in [-0.4, -0.2) is 13.2 Å². The van der Waals surface area contributed by atoms with Crippen LogP contribution in [-0.2, 0) is 22.5 Å². The maximum absolute atomic E-state index is 10.6. The van der Waals surface area contributed by atoms with E-state index in [2.05, 4.69) is 13.4 Å². The molecule has 0 aromatic heterocycles. The molecule has 5 nitrogen and oxygen atoms in total. The molecule has 0 spiro atoms. The topological polar surface area (TPSA) is 61.8 Å². The molecule has 0 aliphatic carbocycles. The van der Waals surface area contributed by atoms with E-state index >= 15 is 0 Å². The van der Waals surface area contributed by atoms with Crippen molar-refractivity contribution >= 4 is 16.5 Å². The predicted molar refractivity (Wildman–Crippen MR) is 42.3 cm³/mol. The zero-order chi connectivity index (χ0) is 8.69. The van der Waals surface area contributed by atoms with Crippen LogP contribution in [0.5, 0.6) is 0 Å². The molecule has 0 aliphatic rings. The minimum absolute atomic E-state index is 0.277. The summed E-state index contributed by atoms with van der Waals surface area (Å²) in [6.45, 7) is 3.89.